The lowest BCUT2D eigenvalue weighted by Gasteiger charge is -2.42. The Balaban J connectivity index is 0.000000423. The van der Waals surface area contributed by atoms with Gasteiger partial charge in [-0.2, -0.15) is 0 Å². The van der Waals surface area contributed by atoms with E-state index in [1.807, 2.05) is 0 Å². The normalized spacial score (nSPS) is 28.8. The molecule has 0 amide bonds. The van der Waals surface area contributed by atoms with Crippen molar-refractivity contribution in [2.24, 2.45) is 17.3 Å². The molecule has 3 heteroatoms. The Bertz CT molecular complexity index is 195. The van der Waals surface area contributed by atoms with Crippen molar-refractivity contribution in [3.05, 3.63) is 0 Å². The molecule has 2 atom stereocenters. The molecule has 1 aliphatic rings. The molecule has 15 heavy (non-hydrogen) atoms. The zero-order chi connectivity index (χ0) is 12.1. The van der Waals surface area contributed by atoms with Crippen LogP contribution in [0.1, 0.15) is 53.4 Å². The highest BCUT2D eigenvalue weighted by Crippen LogP contribution is 2.45. The van der Waals surface area contributed by atoms with Gasteiger partial charge in [-0.25, -0.2) is 4.79 Å². The molecule has 1 saturated carbocycles. The van der Waals surface area contributed by atoms with E-state index in [4.69, 9.17) is 15.0 Å². The maximum absolute atomic E-state index is 8.56. The maximum atomic E-state index is 8.56. The lowest BCUT2D eigenvalue weighted by Crippen LogP contribution is -2.32. The van der Waals surface area contributed by atoms with Crippen molar-refractivity contribution in [1.29, 1.82) is 0 Å². The predicted molar refractivity (Wildman–Crippen MR) is 61.2 cm³/mol. The fraction of sp³-hybridized carbons (Fsp3) is 0.917. The molecule has 90 valence electrons. The van der Waals surface area contributed by atoms with Gasteiger partial charge in [0, 0.05) is 0 Å². The van der Waals surface area contributed by atoms with Crippen molar-refractivity contribution in [3.8, 4) is 0 Å². The van der Waals surface area contributed by atoms with Crippen molar-refractivity contribution in [2.75, 3.05) is 0 Å². The minimum Gasteiger partial charge on any atom is -0.450 e. The smallest absolute Gasteiger partial charge is 0.450 e. The van der Waals surface area contributed by atoms with Crippen molar-refractivity contribution in [1.82, 2.24) is 0 Å². The van der Waals surface area contributed by atoms with Crippen molar-refractivity contribution < 1.29 is 15.0 Å². The van der Waals surface area contributed by atoms with E-state index in [0.717, 1.165) is 11.8 Å². The van der Waals surface area contributed by atoms with Gasteiger partial charge in [-0.05, 0) is 23.7 Å². The molecule has 1 fully saturated rings. The van der Waals surface area contributed by atoms with E-state index >= 15 is 0 Å². The van der Waals surface area contributed by atoms with Crippen molar-refractivity contribution >= 4 is 6.16 Å². The van der Waals surface area contributed by atoms with Crippen LogP contribution in [0.5, 0.6) is 0 Å². The summed E-state index contributed by atoms with van der Waals surface area (Å²) in [5, 5.41) is 13.9. The average molecular weight is 216 g/mol. The summed E-state index contributed by atoms with van der Waals surface area (Å²) >= 11 is 0. The molecule has 0 aliphatic heterocycles. The summed E-state index contributed by atoms with van der Waals surface area (Å²) in [6.07, 6.45) is 3.89. The molecular formula is C12H24O3. The molecular weight excluding hydrogens is 192 g/mol. The topological polar surface area (TPSA) is 57.5 Å². The standard InChI is InChI=1S/C11H22.CH2O3/c1-5-10-9(2)7-6-8-11(10,3)4;2-1(3)4/h9-10H,5-8H2,1-4H3;(H2,2,3,4). The van der Waals surface area contributed by atoms with E-state index < -0.39 is 6.16 Å². The summed E-state index contributed by atoms with van der Waals surface area (Å²) in [6.45, 7) is 9.65. The molecule has 0 saturated heterocycles. The van der Waals surface area contributed by atoms with Gasteiger partial charge in [0.25, 0.3) is 0 Å². The van der Waals surface area contributed by atoms with Gasteiger partial charge in [0.15, 0.2) is 0 Å². The van der Waals surface area contributed by atoms with Crippen LogP contribution in [-0.4, -0.2) is 16.4 Å². The van der Waals surface area contributed by atoms with Crippen LogP contribution in [0.2, 0.25) is 0 Å². The van der Waals surface area contributed by atoms with Crippen LogP contribution in [0, 0.1) is 17.3 Å². The fourth-order valence-electron chi connectivity index (χ4n) is 2.99. The Morgan fingerprint density at radius 1 is 1.40 bits per heavy atom. The van der Waals surface area contributed by atoms with Gasteiger partial charge in [-0.1, -0.05) is 47.0 Å². The molecule has 3 nitrogen and oxygen atoms in total. The monoisotopic (exact) mass is 216 g/mol. The molecule has 0 heterocycles. The van der Waals surface area contributed by atoms with E-state index in [-0.39, 0.29) is 0 Å². The summed E-state index contributed by atoms with van der Waals surface area (Å²) in [7, 11) is 0. The van der Waals surface area contributed by atoms with Crippen LogP contribution < -0.4 is 0 Å². The van der Waals surface area contributed by atoms with Crippen LogP contribution in [0.4, 0.5) is 4.79 Å². The lowest BCUT2D eigenvalue weighted by atomic mass is 9.63. The van der Waals surface area contributed by atoms with Crippen LogP contribution in [-0.2, 0) is 0 Å². The molecule has 2 unspecified atom stereocenters. The first-order chi connectivity index (χ1) is 6.81. The lowest BCUT2D eigenvalue weighted by molar-refractivity contribution is 0.0807. The third-order valence-electron chi connectivity index (χ3n) is 3.61. The van der Waals surface area contributed by atoms with Crippen molar-refractivity contribution in [2.45, 2.75) is 53.4 Å². The SMILES string of the molecule is CCC1C(C)CCCC1(C)C.O=C(O)O. The molecule has 0 aromatic carbocycles. The number of hydrogen-bond donors (Lipinski definition) is 2. The molecule has 1 rings (SSSR count). The Kier molecular flexibility index (Phi) is 5.69. The molecule has 0 spiro atoms. The highest BCUT2D eigenvalue weighted by Gasteiger charge is 2.34. The first-order valence-electron chi connectivity index (χ1n) is 5.73. The Labute approximate surface area is 92.5 Å². The Hall–Kier alpha value is -0.730. The van der Waals surface area contributed by atoms with Crippen LogP contribution in [0.3, 0.4) is 0 Å². The van der Waals surface area contributed by atoms with Crippen LogP contribution in [0.25, 0.3) is 0 Å². The number of carbonyl (C=O) groups is 1. The van der Waals surface area contributed by atoms with E-state index in [1.165, 1.54) is 25.7 Å². The largest absolute Gasteiger partial charge is 0.503 e. The fourth-order valence-corrected chi connectivity index (χ4v) is 2.99. The Morgan fingerprint density at radius 3 is 2.13 bits per heavy atom. The van der Waals surface area contributed by atoms with Crippen molar-refractivity contribution in [3.63, 3.8) is 0 Å². The van der Waals surface area contributed by atoms with Gasteiger partial charge in [-0.15, -0.1) is 0 Å². The first kappa shape index (κ1) is 14.3. The first-order valence-corrected chi connectivity index (χ1v) is 5.73. The summed E-state index contributed by atoms with van der Waals surface area (Å²) < 4.78 is 0. The predicted octanol–water partition coefficient (Wildman–Crippen LogP) is 4.08. The summed E-state index contributed by atoms with van der Waals surface area (Å²) in [5.74, 6) is 1.93. The third-order valence-corrected chi connectivity index (χ3v) is 3.61. The zero-order valence-electron chi connectivity index (χ0n) is 10.3. The van der Waals surface area contributed by atoms with Gasteiger partial charge in [0.2, 0.25) is 0 Å². The second kappa shape index (κ2) is 5.99. The van der Waals surface area contributed by atoms with Gasteiger partial charge < -0.3 is 10.2 Å². The Morgan fingerprint density at radius 2 is 1.87 bits per heavy atom. The van der Waals surface area contributed by atoms with Gasteiger partial charge in [0.1, 0.15) is 0 Å². The maximum Gasteiger partial charge on any atom is 0.503 e. The zero-order valence-corrected chi connectivity index (χ0v) is 10.3. The second-order valence-corrected chi connectivity index (χ2v) is 5.16. The van der Waals surface area contributed by atoms with Gasteiger partial charge in [-0.3, -0.25) is 0 Å². The number of rotatable bonds is 1. The van der Waals surface area contributed by atoms with Gasteiger partial charge in [0.05, 0.1) is 0 Å². The molecule has 0 bridgehead atoms. The summed E-state index contributed by atoms with van der Waals surface area (Å²) in [6, 6.07) is 0. The molecule has 0 aromatic heterocycles. The minimum absolute atomic E-state index is 0.617. The molecule has 0 radical (unpaired) electrons. The van der Waals surface area contributed by atoms with Gasteiger partial charge >= 0.3 is 6.16 Å². The van der Waals surface area contributed by atoms with E-state index in [0.29, 0.717) is 5.41 Å². The summed E-state index contributed by atoms with van der Waals surface area (Å²) in [5.41, 5.74) is 0.617. The minimum atomic E-state index is -1.83. The third kappa shape index (κ3) is 5.05. The number of carboxylic acid groups (broad SMARTS) is 2. The molecule has 1 aliphatic carbocycles. The quantitative estimate of drug-likeness (QED) is 0.694. The van der Waals surface area contributed by atoms with Crippen LogP contribution >= 0.6 is 0 Å². The highest BCUT2D eigenvalue weighted by molar-refractivity contribution is 5.53. The van der Waals surface area contributed by atoms with E-state index in [9.17, 15) is 0 Å². The summed E-state index contributed by atoms with van der Waals surface area (Å²) in [4.78, 5) is 8.56. The van der Waals surface area contributed by atoms with E-state index in [2.05, 4.69) is 27.7 Å². The highest BCUT2D eigenvalue weighted by atomic mass is 16.6. The average Bonchev–Trinajstić information content (AvgIpc) is 2.01. The molecule has 2 N–H and O–H groups in total. The van der Waals surface area contributed by atoms with E-state index in [1.54, 1.807) is 0 Å². The number of hydrogen-bond acceptors (Lipinski definition) is 1. The molecule has 0 aromatic rings. The van der Waals surface area contributed by atoms with Crippen LogP contribution in [0.15, 0.2) is 0 Å². The second-order valence-electron chi connectivity index (χ2n) is 5.16.